The number of benzene rings is 1. The van der Waals surface area contributed by atoms with Crippen molar-refractivity contribution in [1.82, 2.24) is 10.2 Å². The second-order valence-corrected chi connectivity index (χ2v) is 5.95. The molecule has 0 bridgehead atoms. The SMILES string of the molecule is NC1(C(=O)c2ccccc2)C=CN([C@@H]2O[C@H](CO)[C@@H](O)[C@H]2O)C(=O)N1. The summed E-state index contributed by atoms with van der Waals surface area (Å²) >= 11 is 0. The van der Waals surface area contributed by atoms with Gasteiger partial charge < -0.3 is 25.4 Å². The van der Waals surface area contributed by atoms with E-state index in [0.717, 1.165) is 4.90 Å². The number of carbonyl (C=O) groups excluding carboxylic acids is 2. The van der Waals surface area contributed by atoms with Gasteiger partial charge in [-0.25, -0.2) is 4.79 Å². The molecule has 134 valence electrons. The summed E-state index contributed by atoms with van der Waals surface area (Å²) in [6.45, 7) is -0.513. The van der Waals surface area contributed by atoms with Crippen molar-refractivity contribution < 1.29 is 29.6 Å². The Bertz CT molecular complexity index is 696. The van der Waals surface area contributed by atoms with Crippen LogP contribution in [0, 0.1) is 0 Å². The summed E-state index contributed by atoms with van der Waals surface area (Å²) in [5.74, 6) is -0.501. The van der Waals surface area contributed by atoms with Gasteiger partial charge >= 0.3 is 6.03 Å². The lowest BCUT2D eigenvalue weighted by Crippen LogP contribution is -2.66. The van der Waals surface area contributed by atoms with Gasteiger partial charge in [0.05, 0.1) is 6.61 Å². The highest BCUT2D eigenvalue weighted by atomic mass is 16.6. The third-order valence-corrected chi connectivity index (χ3v) is 4.25. The number of carbonyl (C=O) groups is 2. The molecule has 1 aromatic carbocycles. The van der Waals surface area contributed by atoms with E-state index in [9.17, 15) is 19.8 Å². The maximum atomic E-state index is 12.5. The van der Waals surface area contributed by atoms with Crippen molar-refractivity contribution in [2.24, 2.45) is 5.73 Å². The van der Waals surface area contributed by atoms with Gasteiger partial charge in [-0.05, 0) is 6.08 Å². The average Bonchev–Trinajstić information content (AvgIpc) is 2.90. The van der Waals surface area contributed by atoms with Crippen LogP contribution in [-0.4, -0.2) is 68.8 Å². The number of nitrogens with one attached hydrogen (secondary N) is 1. The smallest absolute Gasteiger partial charge is 0.325 e. The van der Waals surface area contributed by atoms with Crippen molar-refractivity contribution in [2.75, 3.05) is 6.61 Å². The van der Waals surface area contributed by atoms with Gasteiger partial charge in [-0.15, -0.1) is 0 Å². The van der Waals surface area contributed by atoms with Crippen LogP contribution in [0.3, 0.4) is 0 Å². The fraction of sp³-hybridized carbons (Fsp3) is 0.375. The van der Waals surface area contributed by atoms with Crippen LogP contribution in [0.15, 0.2) is 42.6 Å². The molecule has 2 aliphatic heterocycles. The maximum absolute atomic E-state index is 12.5. The Balaban J connectivity index is 1.81. The van der Waals surface area contributed by atoms with Gasteiger partial charge in [0.2, 0.25) is 5.78 Å². The molecule has 1 saturated heterocycles. The van der Waals surface area contributed by atoms with E-state index in [2.05, 4.69) is 5.32 Å². The first-order chi connectivity index (χ1) is 11.9. The van der Waals surface area contributed by atoms with Gasteiger partial charge in [0, 0.05) is 11.8 Å². The van der Waals surface area contributed by atoms with E-state index < -0.39 is 48.6 Å². The zero-order chi connectivity index (χ0) is 18.2. The summed E-state index contributed by atoms with van der Waals surface area (Å²) in [4.78, 5) is 25.9. The van der Waals surface area contributed by atoms with Crippen LogP contribution in [0.5, 0.6) is 0 Å². The van der Waals surface area contributed by atoms with Crippen molar-refractivity contribution in [2.45, 2.75) is 30.2 Å². The number of Topliss-reactive ketones (excluding diaryl/α,β-unsaturated/α-hetero) is 1. The molecule has 5 atom stereocenters. The fourth-order valence-electron chi connectivity index (χ4n) is 2.82. The van der Waals surface area contributed by atoms with Gasteiger partial charge in [0.25, 0.3) is 0 Å². The van der Waals surface area contributed by atoms with Crippen molar-refractivity contribution in [3.63, 3.8) is 0 Å². The first-order valence-electron chi connectivity index (χ1n) is 7.68. The highest BCUT2D eigenvalue weighted by Gasteiger charge is 2.48. The first kappa shape index (κ1) is 17.5. The third-order valence-electron chi connectivity index (χ3n) is 4.25. The van der Waals surface area contributed by atoms with Gasteiger partial charge in [-0.1, -0.05) is 30.3 Å². The van der Waals surface area contributed by atoms with Crippen LogP contribution in [0.4, 0.5) is 4.79 Å². The number of aliphatic hydroxyl groups is 3. The Morgan fingerprint density at radius 3 is 2.52 bits per heavy atom. The molecule has 0 aliphatic carbocycles. The molecule has 9 nitrogen and oxygen atoms in total. The standard InChI is InChI=1S/C16H19N3O6/c17-16(13(23)9-4-2-1-3-5-9)6-7-19(15(24)18-16)14-12(22)11(21)10(8-20)25-14/h1-7,10-12,14,20-22H,8,17H2,(H,18,24)/t10-,11-,12-,14-,16?/m1/s1. The lowest BCUT2D eigenvalue weighted by Gasteiger charge is -2.36. The zero-order valence-electron chi connectivity index (χ0n) is 13.1. The van der Waals surface area contributed by atoms with Crippen LogP contribution >= 0.6 is 0 Å². The summed E-state index contributed by atoms with van der Waals surface area (Å²) in [5.41, 5.74) is 4.60. The molecule has 2 heterocycles. The van der Waals surface area contributed by atoms with Crippen molar-refractivity contribution in [1.29, 1.82) is 0 Å². The van der Waals surface area contributed by atoms with E-state index in [1.165, 1.54) is 12.3 Å². The topological polar surface area (TPSA) is 145 Å². The van der Waals surface area contributed by atoms with Crippen LogP contribution < -0.4 is 11.1 Å². The molecule has 0 spiro atoms. The van der Waals surface area contributed by atoms with E-state index >= 15 is 0 Å². The number of ketones is 1. The van der Waals surface area contributed by atoms with Gasteiger partial charge in [-0.2, -0.15) is 0 Å². The second-order valence-electron chi connectivity index (χ2n) is 5.95. The number of urea groups is 1. The van der Waals surface area contributed by atoms with Crippen LogP contribution in [-0.2, 0) is 4.74 Å². The second kappa shape index (κ2) is 6.54. The normalized spacial score (nSPS) is 34.9. The Labute approximate surface area is 143 Å². The van der Waals surface area contributed by atoms with Gasteiger partial charge in [0.1, 0.15) is 18.3 Å². The third kappa shape index (κ3) is 3.03. The van der Waals surface area contributed by atoms with E-state index in [1.807, 2.05) is 0 Å². The van der Waals surface area contributed by atoms with Crippen LogP contribution in [0.2, 0.25) is 0 Å². The molecule has 1 aromatic rings. The highest BCUT2D eigenvalue weighted by Crippen LogP contribution is 2.26. The predicted octanol–water partition coefficient (Wildman–Crippen LogP) is -1.50. The Morgan fingerprint density at radius 1 is 1.28 bits per heavy atom. The number of ether oxygens (including phenoxy) is 1. The molecule has 2 aliphatic rings. The van der Waals surface area contributed by atoms with Crippen molar-refractivity contribution >= 4 is 11.8 Å². The van der Waals surface area contributed by atoms with Crippen LogP contribution in [0.25, 0.3) is 0 Å². The van der Waals surface area contributed by atoms with Crippen molar-refractivity contribution in [3.05, 3.63) is 48.2 Å². The molecular weight excluding hydrogens is 330 g/mol. The molecular formula is C16H19N3O6. The lowest BCUT2D eigenvalue weighted by molar-refractivity contribution is -0.0666. The number of rotatable bonds is 4. The molecule has 1 fully saturated rings. The molecule has 0 radical (unpaired) electrons. The summed E-state index contributed by atoms with van der Waals surface area (Å²) in [7, 11) is 0. The number of hydrogen-bond donors (Lipinski definition) is 5. The van der Waals surface area contributed by atoms with E-state index in [0.29, 0.717) is 5.56 Å². The highest BCUT2D eigenvalue weighted by molar-refractivity contribution is 6.06. The number of amides is 2. The summed E-state index contributed by atoms with van der Waals surface area (Å²) in [6, 6.07) is 7.49. The Hall–Kier alpha value is -2.30. The zero-order valence-corrected chi connectivity index (χ0v) is 13.1. The summed E-state index contributed by atoms with van der Waals surface area (Å²) < 4.78 is 5.30. The minimum atomic E-state index is -1.74. The quantitative estimate of drug-likeness (QED) is 0.416. The molecule has 9 heteroatoms. The fourth-order valence-corrected chi connectivity index (χ4v) is 2.82. The Morgan fingerprint density at radius 2 is 1.96 bits per heavy atom. The molecule has 0 saturated carbocycles. The first-order valence-corrected chi connectivity index (χ1v) is 7.68. The number of aliphatic hydroxyl groups excluding tert-OH is 3. The molecule has 0 aromatic heterocycles. The number of nitrogens with two attached hydrogens (primary N) is 1. The number of nitrogens with zero attached hydrogens (tertiary/aromatic N) is 1. The minimum absolute atomic E-state index is 0.330. The molecule has 1 unspecified atom stereocenters. The largest absolute Gasteiger partial charge is 0.394 e. The van der Waals surface area contributed by atoms with Crippen LogP contribution in [0.1, 0.15) is 10.4 Å². The number of hydrogen-bond acceptors (Lipinski definition) is 7. The molecule has 3 rings (SSSR count). The average molecular weight is 349 g/mol. The minimum Gasteiger partial charge on any atom is -0.394 e. The summed E-state index contributed by atoms with van der Waals surface area (Å²) in [6.07, 6.45) is -2.48. The Kier molecular flexibility index (Phi) is 4.58. The van der Waals surface area contributed by atoms with Gasteiger partial charge in [-0.3, -0.25) is 15.4 Å². The molecule has 25 heavy (non-hydrogen) atoms. The summed E-state index contributed by atoms with van der Waals surface area (Å²) in [5, 5.41) is 31.3. The lowest BCUT2D eigenvalue weighted by atomic mass is 9.97. The predicted molar refractivity (Wildman–Crippen MR) is 85.0 cm³/mol. The molecule has 6 N–H and O–H groups in total. The van der Waals surface area contributed by atoms with Gasteiger partial charge in [0.15, 0.2) is 11.9 Å². The van der Waals surface area contributed by atoms with Crippen molar-refractivity contribution in [3.8, 4) is 0 Å². The molecule has 2 amide bonds. The maximum Gasteiger partial charge on any atom is 0.325 e. The van der Waals surface area contributed by atoms with E-state index in [4.69, 9.17) is 15.6 Å². The monoisotopic (exact) mass is 349 g/mol. The van der Waals surface area contributed by atoms with E-state index in [1.54, 1.807) is 30.3 Å². The van der Waals surface area contributed by atoms with E-state index in [-0.39, 0.29) is 0 Å².